The average Bonchev–Trinajstić information content (AvgIpc) is 2.47. The van der Waals surface area contributed by atoms with Crippen LogP contribution < -0.4 is 0 Å². The summed E-state index contributed by atoms with van der Waals surface area (Å²) in [6.45, 7) is 1.77. The molecule has 12 heavy (non-hydrogen) atoms. The van der Waals surface area contributed by atoms with Gasteiger partial charge in [-0.15, -0.1) is 17.4 Å². The van der Waals surface area contributed by atoms with Crippen molar-refractivity contribution < 1.29 is 4.79 Å². The zero-order valence-corrected chi connectivity index (χ0v) is 7.52. The molecule has 1 aromatic heterocycles. The Bertz CT molecular complexity index is 324. The van der Waals surface area contributed by atoms with Gasteiger partial charge in [0.05, 0.1) is 5.69 Å². The molecule has 0 atom stereocenters. The quantitative estimate of drug-likeness (QED) is 0.522. The predicted molar refractivity (Wildman–Crippen MR) is 47.0 cm³/mol. The van der Waals surface area contributed by atoms with Gasteiger partial charge in [-0.05, 0) is 18.5 Å². The predicted octanol–water partition coefficient (Wildman–Crippen LogP) is 1.44. The van der Waals surface area contributed by atoms with E-state index >= 15 is 0 Å². The van der Waals surface area contributed by atoms with E-state index in [9.17, 15) is 4.79 Å². The van der Waals surface area contributed by atoms with Gasteiger partial charge in [0, 0.05) is 12.8 Å². The molecule has 0 saturated heterocycles. The molecule has 0 N–H and O–H groups in total. The third-order valence-corrected chi connectivity index (χ3v) is 2.27. The van der Waals surface area contributed by atoms with Crippen LogP contribution in [0, 0.1) is 19.3 Å². The molecule has 3 nitrogen and oxygen atoms in total. The lowest BCUT2D eigenvalue weighted by Gasteiger charge is -1.91. The third-order valence-electron chi connectivity index (χ3n) is 1.40. The van der Waals surface area contributed by atoms with E-state index in [-0.39, 0.29) is 5.78 Å². The van der Waals surface area contributed by atoms with E-state index in [2.05, 4.69) is 15.5 Å². The molecule has 1 aromatic rings. The molecule has 0 aromatic carbocycles. The number of rotatable bonds is 3. The van der Waals surface area contributed by atoms with Gasteiger partial charge in [0.1, 0.15) is 4.88 Å². The summed E-state index contributed by atoms with van der Waals surface area (Å²) in [5.74, 6) is 2.47. The molecular weight excluding hydrogens is 172 g/mol. The van der Waals surface area contributed by atoms with Crippen molar-refractivity contribution in [3.8, 4) is 12.3 Å². The van der Waals surface area contributed by atoms with Gasteiger partial charge in [-0.3, -0.25) is 4.79 Å². The Morgan fingerprint density at radius 1 is 1.75 bits per heavy atom. The molecule has 0 bridgehead atoms. The summed E-state index contributed by atoms with van der Waals surface area (Å²) in [6.07, 6.45) is 5.91. The first-order valence-electron chi connectivity index (χ1n) is 3.51. The van der Waals surface area contributed by atoms with Crippen molar-refractivity contribution in [3.05, 3.63) is 10.6 Å². The Kier molecular flexibility index (Phi) is 2.94. The number of hydrogen-bond donors (Lipinski definition) is 0. The zero-order chi connectivity index (χ0) is 8.97. The summed E-state index contributed by atoms with van der Waals surface area (Å²) in [5, 5.41) is 3.74. The summed E-state index contributed by atoms with van der Waals surface area (Å²) in [5.41, 5.74) is 0.696. The Morgan fingerprint density at radius 2 is 2.50 bits per heavy atom. The van der Waals surface area contributed by atoms with Gasteiger partial charge in [0.25, 0.3) is 0 Å². The fraction of sp³-hybridized carbons (Fsp3) is 0.375. The van der Waals surface area contributed by atoms with Gasteiger partial charge >= 0.3 is 0 Å². The lowest BCUT2D eigenvalue weighted by Crippen LogP contribution is -1.97. The number of ketones is 1. The largest absolute Gasteiger partial charge is 0.293 e. The lowest BCUT2D eigenvalue weighted by molar-refractivity contribution is 0.0987. The van der Waals surface area contributed by atoms with Crippen LogP contribution >= 0.6 is 11.5 Å². The normalized spacial score (nSPS) is 9.33. The van der Waals surface area contributed by atoms with E-state index in [0.717, 1.165) is 11.5 Å². The number of nitrogens with zero attached hydrogens (tertiary/aromatic N) is 2. The molecule has 0 aliphatic carbocycles. The topological polar surface area (TPSA) is 42.9 Å². The monoisotopic (exact) mass is 180 g/mol. The fourth-order valence-corrected chi connectivity index (χ4v) is 1.41. The van der Waals surface area contributed by atoms with Crippen molar-refractivity contribution in [1.82, 2.24) is 9.59 Å². The Morgan fingerprint density at radius 3 is 3.00 bits per heavy atom. The van der Waals surface area contributed by atoms with Crippen LogP contribution in [-0.4, -0.2) is 15.4 Å². The van der Waals surface area contributed by atoms with Crippen molar-refractivity contribution in [1.29, 1.82) is 0 Å². The molecule has 0 fully saturated rings. The van der Waals surface area contributed by atoms with Crippen LogP contribution in [0.4, 0.5) is 0 Å². The summed E-state index contributed by atoms with van der Waals surface area (Å²) in [6, 6.07) is 0. The third kappa shape index (κ3) is 1.89. The average molecular weight is 180 g/mol. The van der Waals surface area contributed by atoms with Crippen LogP contribution in [0.15, 0.2) is 0 Å². The number of aromatic nitrogens is 2. The number of hydrogen-bond acceptors (Lipinski definition) is 4. The number of terminal acetylenes is 1. The lowest BCUT2D eigenvalue weighted by atomic mass is 10.2. The molecule has 0 unspecified atom stereocenters. The van der Waals surface area contributed by atoms with Crippen molar-refractivity contribution in [2.24, 2.45) is 0 Å². The van der Waals surface area contributed by atoms with E-state index in [0.29, 0.717) is 23.4 Å². The highest BCUT2D eigenvalue weighted by Gasteiger charge is 2.11. The number of Topliss-reactive ketones (excluding diaryl/α,β-unsaturated/α-hetero) is 1. The van der Waals surface area contributed by atoms with Gasteiger partial charge in [-0.1, -0.05) is 4.49 Å². The molecule has 1 heterocycles. The summed E-state index contributed by atoms with van der Waals surface area (Å²) < 4.78 is 3.67. The summed E-state index contributed by atoms with van der Waals surface area (Å²) >= 11 is 1.13. The molecule has 0 aliphatic rings. The van der Waals surface area contributed by atoms with Gasteiger partial charge in [-0.2, -0.15) is 0 Å². The zero-order valence-electron chi connectivity index (χ0n) is 6.70. The smallest absolute Gasteiger partial charge is 0.177 e. The molecule has 62 valence electrons. The highest BCUT2D eigenvalue weighted by molar-refractivity contribution is 7.08. The Balaban J connectivity index is 2.67. The van der Waals surface area contributed by atoms with E-state index in [1.54, 1.807) is 6.92 Å². The summed E-state index contributed by atoms with van der Waals surface area (Å²) in [7, 11) is 0. The second-order valence-electron chi connectivity index (χ2n) is 2.31. The van der Waals surface area contributed by atoms with E-state index < -0.39 is 0 Å². The molecule has 0 radical (unpaired) electrons. The van der Waals surface area contributed by atoms with E-state index in [1.807, 2.05) is 0 Å². The molecular formula is C8H8N2OS. The minimum atomic E-state index is 0.0421. The summed E-state index contributed by atoms with van der Waals surface area (Å²) in [4.78, 5) is 12.0. The highest BCUT2D eigenvalue weighted by atomic mass is 32.1. The first-order chi connectivity index (χ1) is 5.75. The van der Waals surface area contributed by atoms with Gasteiger partial charge < -0.3 is 0 Å². The van der Waals surface area contributed by atoms with Crippen molar-refractivity contribution in [2.45, 2.75) is 19.8 Å². The first kappa shape index (κ1) is 8.88. The van der Waals surface area contributed by atoms with Crippen LogP contribution in [0.5, 0.6) is 0 Å². The Hall–Kier alpha value is -1.21. The second-order valence-corrected chi connectivity index (χ2v) is 3.07. The van der Waals surface area contributed by atoms with Crippen LogP contribution in [0.2, 0.25) is 0 Å². The second kappa shape index (κ2) is 3.98. The van der Waals surface area contributed by atoms with Crippen molar-refractivity contribution in [3.63, 3.8) is 0 Å². The van der Waals surface area contributed by atoms with Crippen LogP contribution in [0.25, 0.3) is 0 Å². The van der Waals surface area contributed by atoms with E-state index in [4.69, 9.17) is 6.42 Å². The molecule has 0 saturated carbocycles. The van der Waals surface area contributed by atoms with E-state index in [1.165, 1.54) is 0 Å². The first-order valence-corrected chi connectivity index (χ1v) is 4.28. The maximum Gasteiger partial charge on any atom is 0.177 e. The van der Waals surface area contributed by atoms with Gasteiger partial charge in [0.15, 0.2) is 5.78 Å². The molecule has 0 amide bonds. The number of carbonyl (C=O) groups is 1. The standard InChI is InChI=1S/C8H8N2OS/c1-3-4-5-7(11)8-6(2)9-10-12-8/h1H,4-5H2,2H3. The van der Waals surface area contributed by atoms with Crippen molar-refractivity contribution in [2.75, 3.05) is 0 Å². The van der Waals surface area contributed by atoms with Crippen LogP contribution in [-0.2, 0) is 0 Å². The SMILES string of the molecule is C#CCCC(=O)c1snnc1C. The number of carbonyl (C=O) groups excluding carboxylic acids is 1. The molecule has 0 spiro atoms. The minimum Gasteiger partial charge on any atom is -0.293 e. The maximum atomic E-state index is 11.3. The molecule has 1 rings (SSSR count). The van der Waals surface area contributed by atoms with Crippen LogP contribution in [0.1, 0.15) is 28.2 Å². The molecule has 4 heteroatoms. The van der Waals surface area contributed by atoms with Crippen LogP contribution in [0.3, 0.4) is 0 Å². The Labute approximate surface area is 75.0 Å². The fourth-order valence-electron chi connectivity index (χ4n) is 0.786. The van der Waals surface area contributed by atoms with Gasteiger partial charge in [-0.25, -0.2) is 0 Å². The van der Waals surface area contributed by atoms with Gasteiger partial charge in [0.2, 0.25) is 0 Å². The number of aryl methyl sites for hydroxylation is 1. The highest BCUT2D eigenvalue weighted by Crippen LogP contribution is 2.12. The minimum absolute atomic E-state index is 0.0421. The maximum absolute atomic E-state index is 11.3. The van der Waals surface area contributed by atoms with Crippen molar-refractivity contribution >= 4 is 17.3 Å². The molecule has 0 aliphatic heterocycles.